The maximum absolute atomic E-state index is 10.5. The van der Waals surface area contributed by atoms with Gasteiger partial charge in [0.15, 0.2) is 0 Å². The predicted molar refractivity (Wildman–Crippen MR) is 71.9 cm³/mol. The minimum atomic E-state index is -0.727. The first-order chi connectivity index (χ1) is 7.68. The van der Waals surface area contributed by atoms with Crippen LogP contribution in [0, 0.1) is 10.8 Å². The number of carboxylic acids is 1. The van der Waals surface area contributed by atoms with E-state index in [1.807, 2.05) is 0 Å². The summed E-state index contributed by atoms with van der Waals surface area (Å²) in [6, 6.07) is 0. The van der Waals surface area contributed by atoms with Crippen molar-refractivity contribution in [3.63, 3.8) is 0 Å². The minimum absolute atomic E-state index is 0.0445. The molecule has 100 valence electrons. The highest BCUT2D eigenvalue weighted by atomic mass is 16.4. The van der Waals surface area contributed by atoms with Crippen molar-refractivity contribution in [2.75, 3.05) is 6.54 Å². The summed E-state index contributed by atoms with van der Waals surface area (Å²) in [5.74, 6) is -0.727. The van der Waals surface area contributed by atoms with Crippen molar-refractivity contribution in [1.82, 2.24) is 0 Å². The summed E-state index contributed by atoms with van der Waals surface area (Å²) in [5.41, 5.74) is 5.75. The molecule has 3 heteroatoms. The Morgan fingerprint density at radius 1 is 1.24 bits per heavy atom. The molecule has 0 spiro atoms. The number of carbonyl (C=O) groups is 1. The van der Waals surface area contributed by atoms with Gasteiger partial charge in [-0.2, -0.15) is 0 Å². The zero-order valence-electron chi connectivity index (χ0n) is 11.6. The molecule has 0 saturated carbocycles. The first-order valence-electron chi connectivity index (χ1n) is 6.28. The molecule has 0 saturated heterocycles. The van der Waals surface area contributed by atoms with Gasteiger partial charge >= 0.3 is 5.97 Å². The fraction of sp³-hybridized carbons (Fsp3) is 0.786. The molecule has 17 heavy (non-hydrogen) atoms. The summed E-state index contributed by atoms with van der Waals surface area (Å²) in [4.78, 5) is 10.5. The smallest absolute Gasteiger partial charge is 0.303 e. The quantitative estimate of drug-likeness (QED) is 0.641. The predicted octanol–water partition coefficient (Wildman–Crippen LogP) is 3.20. The molecule has 0 radical (unpaired) electrons. The lowest BCUT2D eigenvalue weighted by Gasteiger charge is -2.23. The van der Waals surface area contributed by atoms with Crippen LogP contribution in [0.3, 0.4) is 0 Å². The third-order valence-electron chi connectivity index (χ3n) is 3.04. The number of nitrogens with two attached hydrogens (primary N) is 1. The van der Waals surface area contributed by atoms with Gasteiger partial charge in [0.2, 0.25) is 0 Å². The van der Waals surface area contributed by atoms with E-state index >= 15 is 0 Å². The van der Waals surface area contributed by atoms with Crippen LogP contribution < -0.4 is 5.73 Å². The Kier molecular flexibility index (Phi) is 6.46. The van der Waals surface area contributed by atoms with E-state index in [4.69, 9.17) is 10.8 Å². The molecule has 0 aromatic heterocycles. The van der Waals surface area contributed by atoms with Crippen LogP contribution in [0.15, 0.2) is 12.2 Å². The van der Waals surface area contributed by atoms with E-state index in [-0.39, 0.29) is 17.3 Å². The average Bonchev–Trinajstić information content (AvgIpc) is 2.14. The van der Waals surface area contributed by atoms with Crippen molar-refractivity contribution in [2.45, 2.75) is 53.4 Å². The summed E-state index contributed by atoms with van der Waals surface area (Å²) in [5, 5.41) is 8.66. The Labute approximate surface area is 105 Å². The average molecular weight is 241 g/mol. The van der Waals surface area contributed by atoms with E-state index in [2.05, 4.69) is 39.8 Å². The number of carboxylic acid groups (broad SMARTS) is 1. The highest BCUT2D eigenvalue weighted by molar-refractivity contribution is 5.66. The van der Waals surface area contributed by atoms with Crippen LogP contribution in [0.5, 0.6) is 0 Å². The van der Waals surface area contributed by atoms with E-state index < -0.39 is 5.97 Å². The molecule has 3 nitrogen and oxygen atoms in total. The summed E-state index contributed by atoms with van der Waals surface area (Å²) in [7, 11) is 0. The second-order valence-corrected chi connectivity index (χ2v) is 6.19. The van der Waals surface area contributed by atoms with Crippen molar-refractivity contribution >= 4 is 5.97 Å². The Morgan fingerprint density at radius 3 is 2.29 bits per heavy atom. The second-order valence-electron chi connectivity index (χ2n) is 6.19. The van der Waals surface area contributed by atoms with Crippen molar-refractivity contribution in [1.29, 1.82) is 0 Å². The van der Waals surface area contributed by atoms with Crippen LogP contribution in [0.2, 0.25) is 0 Å². The number of allylic oxidation sites excluding steroid dienone is 2. The molecule has 3 N–H and O–H groups in total. The van der Waals surface area contributed by atoms with Crippen molar-refractivity contribution in [3.8, 4) is 0 Å². The van der Waals surface area contributed by atoms with Crippen LogP contribution in [-0.2, 0) is 4.79 Å². The van der Waals surface area contributed by atoms with Gasteiger partial charge in [0, 0.05) is 6.42 Å². The molecule has 0 rings (SSSR count). The Balaban J connectivity index is 4.17. The van der Waals surface area contributed by atoms with Crippen LogP contribution in [0.4, 0.5) is 0 Å². The van der Waals surface area contributed by atoms with Gasteiger partial charge in [-0.25, -0.2) is 0 Å². The number of hydrogen-bond acceptors (Lipinski definition) is 2. The van der Waals surface area contributed by atoms with Gasteiger partial charge < -0.3 is 10.8 Å². The molecular weight excluding hydrogens is 214 g/mol. The maximum Gasteiger partial charge on any atom is 0.303 e. The van der Waals surface area contributed by atoms with Crippen molar-refractivity contribution in [3.05, 3.63) is 12.2 Å². The van der Waals surface area contributed by atoms with Crippen LogP contribution in [0.25, 0.3) is 0 Å². The van der Waals surface area contributed by atoms with Crippen LogP contribution in [0.1, 0.15) is 53.4 Å². The third kappa shape index (κ3) is 8.93. The van der Waals surface area contributed by atoms with Gasteiger partial charge in [-0.05, 0) is 36.6 Å². The highest BCUT2D eigenvalue weighted by Gasteiger charge is 2.18. The monoisotopic (exact) mass is 241 g/mol. The fourth-order valence-corrected chi connectivity index (χ4v) is 1.70. The first kappa shape index (κ1) is 16.2. The molecule has 0 atom stereocenters. The van der Waals surface area contributed by atoms with Crippen LogP contribution >= 0.6 is 0 Å². The number of hydrogen-bond donors (Lipinski definition) is 2. The lowest BCUT2D eigenvalue weighted by atomic mass is 9.82. The van der Waals surface area contributed by atoms with Gasteiger partial charge in [-0.1, -0.05) is 39.8 Å². The Bertz CT molecular complexity index is 267. The number of rotatable bonds is 8. The third-order valence-corrected chi connectivity index (χ3v) is 3.04. The second kappa shape index (κ2) is 6.80. The molecule has 0 bridgehead atoms. The zero-order chi connectivity index (χ0) is 13.5. The molecule has 0 aromatic rings. The molecule has 0 aliphatic rings. The Hall–Kier alpha value is -0.830. The van der Waals surface area contributed by atoms with Crippen molar-refractivity contribution in [2.24, 2.45) is 16.6 Å². The molecule has 0 aromatic carbocycles. The Morgan fingerprint density at radius 2 is 1.82 bits per heavy atom. The van der Waals surface area contributed by atoms with Gasteiger partial charge in [0.05, 0.1) is 0 Å². The van der Waals surface area contributed by atoms with Gasteiger partial charge in [-0.3, -0.25) is 4.79 Å². The molecule has 0 heterocycles. The van der Waals surface area contributed by atoms with E-state index in [1.54, 1.807) is 0 Å². The van der Waals surface area contributed by atoms with E-state index in [1.165, 1.54) is 0 Å². The van der Waals surface area contributed by atoms with E-state index in [0.29, 0.717) is 13.0 Å². The van der Waals surface area contributed by atoms with E-state index in [9.17, 15) is 4.79 Å². The summed E-state index contributed by atoms with van der Waals surface area (Å²) in [6.45, 7) is 9.26. The largest absolute Gasteiger partial charge is 0.481 e. The zero-order valence-corrected chi connectivity index (χ0v) is 11.6. The minimum Gasteiger partial charge on any atom is -0.481 e. The summed E-state index contributed by atoms with van der Waals surface area (Å²) >= 11 is 0. The summed E-state index contributed by atoms with van der Waals surface area (Å²) < 4.78 is 0. The van der Waals surface area contributed by atoms with Gasteiger partial charge in [0.1, 0.15) is 0 Å². The molecule has 0 aliphatic carbocycles. The standard InChI is InChI=1S/C14H27NO2/c1-13(2,9-6-12(16)17)7-5-8-14(3,4)10-11-15/h5,7H,6,8-11,15H2,1-4H3,(H,16,17)/b7-5+. The van der Waals surface area contributed by atoms with Crippen molar-refractivity contribution < 1.29 is 9.90 Å². The summed E-state index contributed by atoms with van der Waals surface area (Å²) in [6.07, 6.45) is 7.19. The first-order valence-corrected chi connectivity index (χ1v) is 6.28. The topological polar surface area (TPSA) is 63.3 Å². The highest BCUT2D eigenvalue weighted by Crippen LogP contribution is 2.28. The fourth-order valence-electron chi connectivity index (χ4n) is 1.70. The SMILES string of the molecule is CC(C)(/C=C/CC(C)(C)CCN)CCC(=O)O. The molecule has 0 unspecified atom stereocenters. The van der Waals surface area contributed by atoms with Gasteiger partial charge in [0.25, 0.3) is 0 Å². The van der Waals surface area contributed by atoms with E-state index in [0.717, 1.165) is 12.8 Å². The molecule has 0 aliphatic heterocycles. The molecule has 0 amide bonds. The lowest BCUT2D eigenvalue weighted by Crippen LogP contribution is -2.16. The van der Waals surface area contributed by atoms with Crippen LogP contribution in [-0.4, -0.2) is 17.6 Å². The maximum atomic E-state index is 10.5. The lowest BCUT2D eigenvalue weighted by molar-refractivity contribution is -0.137. The molecular formula is C14H27NO2. The normalized spacial score (nSPS) is 13.2. The van der Waals surface area contributed by atoms with Gasteiger partial charge in [-0.15, -0.1) is 0 Å². The number of aliphatic carboxylic acids is 1. The molecule has 0 fully saturated rings.